The Hall–Kier alpha value is -2.78. The maximum Gasteiger partial charge on any atom is 0.279 e. The minimum atomic E-state index is -0.517. The van der Waals surface area contributed by atoms with Crippen molar-refractivity contribution in [2.75, 3.05) is 25.0 Å². The van der Waals surface area contributed by atoms with Gasteiger partial charge in [-0.2, -0.15) is 0 Å². The minimum absolute atomic E-state index is 0.0875. The van der Waals surface area contributed by atoms with Crippen LogP contribution in [0.3, 0.4) is 0 Å². The van der Waals surface area contributed by atoms with Crippen LogP contribution in [-0.2, 0) is 16.1 Å². The normalized spacial score (nSPS) is 11.6. The Morgan fingerprint density at radius 3 is 2.62 bits per heavy atom. The van der Waals surface area contributed by atoms with E-state index in [2.05, 4.69) is 10.6 Å². The Bertz CT molecular complexity index is 764. The number of likely N-dealkylation sites (N-methyl/N-ethyl adjacent to an activating group) is 1. The molecule has 3 N–H and O–H groups in total. The molecule has 1 heterocycles. The van der Waals surface area contributed by atoms with Gasteiger partial charge in [0.1, 0.15) is 0 Å². The fourth-order valence-electron chi connectivity index (χ4n) is 2.33. The molecule has 0 saturated heterocycles. The lowest BCUT2D eigenvalue weighted by Crippen LogP contribution is -3.13. The number of hydrogen-bond donors (Lipinski definition) is 3. The molecule has 1 aromatic carbocycles. The van der Waals surface area contributed by atoms with Gasteiger partial charge in [0.15, 0.2) is 13.1 Å². The van der Waals surface area contributed by atoms with Crippen molar-refractivity contribution in [3.8, 4) is 0 Å². The smallest absolute Gasteiger partial charge is 0.279 e. The van der Waals surface area contributed by atoms with E-state index < -0.39 is 4.92 Å². The topological polar surface area (TPSA) is 106 Å². The lowest BCUT2D eigenvalue weighted by Gasteiger charge is -2.16. The summed E-state index contributed by atoms with van der Waals surface area (Å²) in [5.74, 6) is -0.424. The van der Waals surface area contributed by atoms with Crippen LogP contribution in [0.15, 0.2) is 41.8 Å². The predicted molar refractivity (Wildman–Crippen MR) is 99.1 cm³/mol. The summed E-state index contributed by atoms with van der Waals surface area (Å²) in [5.41, 5.74) is 0.275. The number of non-ortho nitro benzene ring substituents is 1. The first-order chi connectivity index (χ1) is 12.5. The van der Waals surface area contributed by atoms with Crippen molar-refractivity contribution in [1.29, 1.82) is 0 Å². The molecule has 1 aromatic heterocycles. The molecule has 1 atom stereocenters. The fourth-order valence-corrected chi connectivity index (χ4v) is 2.97. The second-order valence-corrected chi connectivity index (χ2v) is 6.70. The molecule has 0 aliphatic carbocycles. The number of nitro benzene ring substituents is 1. The summed E-state index contributed by atoms with van der Waals surface area (Å²) in [5, 5.41) is 18.2. The summed E-state index contributed by atoms with van der Waals surface area (Å²) in [6.07, 6.45) is 0. The lowest BCUT2D eigenvalue weighted by atomic mass is 10.3. The number of amides is 2. The number of anilines is 1. The number of benzene rings is 1. The molecule has 0 bridgehead atoms. The van der Waals surface area contributed by atoms with Gasteiger partial charge in [-0.3, -0.25) is 19.7 Å². The molecule has 2 rings (SSSR count). The molecule has 0 aliphatic rings. The monoisotopic (exact) mass is 377 g/mol. The number of rotatable bonds is 9. The zero-order valence-electron chi connectivity index (χ0n) is 14.4. The van der Waals surface area contributed by atoms with Crippen LogP contribution in [0, 0.1) is 10.1 Å². The molecule has 26 heavy (non-hydrogen) atoms. The zero-order chi connectivity index (χ0) is 18.9. The average Bonchev–Trinajstić information content (AvgIpc) is 3.13. The van der Waals surface area contributed by atoms with Gasteiger partial charge in [-0.15, -0.1) is 11.3 Å². The summed E-state index contributed by atoms with van der Waals surface area (Å²) >= 11 is 1.57. The van der Waals surface area contributed by atoms with Crippen molar-refractivity contribution in [2.24, 2.45) is 0 Å². The molecule has 9 heteroatoms. The van der Waals surface area contributed by atoms with Gasteiger partial charge in [0, 0.05) is 22.7 Å². The number of quaternary nitrogens is 1. The Labute approximate surface area is 155 Å². The zero-order valence-corrected chi connectivity index (χ0v) is 15.2. The van der Waals surface area contributed by atoms with E-state index in [9.17, 15) is 19.7 Å². The average molecular weight is 377 g/mol. The van der Waals surface area contributed by atoms with Crippen LogP contribution in [0.5, 0.6) is 0 Å². The summed E-state index contributed by atoms with van der Waals surface area (Å²) in [6.45, 7) is 3.26. The second kappa shape index (κ2) is 9.64. The van der Waals surface area contributed by atoms with E-state index in [4.69, 9.17) is 0 Å². The highest BCUT2D eigenvalue weighted by molar-refractivity contribution is 7.09. The standard InChI is InChI=1S/C17H20N4O4S/c1-2-20(11-16(22)18-10-15-7-4-8-26-15)12-17(23)19-13-5-3-6-14(9-13)21(24)25/h3-9H,2,10-12H2,1H3,(H,18,22)(H,19,23)/p+1. The first kappa shape index (κ1) is 19.5. The number of nitro groups is 1. The maximum absolute atomic E-state index is 12.2. The van der Waals surface area contributed by atoms with Gasteiger partial charge < -0.3 is 15.5 Å². The molecular formula is C17H21N4O4S+. The van der Waals surface area contributed by atoms with Crippen LogP contribution in [0.4, 0.5) is 11.4 Å². The van der Waals surface area contributed by atoms with E-state index in [1.807, 2.05) is 24.4 Å². The molecule has 2 aromatic rings. The van der Waals surface area contributed by atoms with Crippen LogP contribution in [-0.4, -0.2) is 36.4 Å². The molecule has 0 aliphatic heterocycles. The summed E-state index contributed by atoms with van der Waals surface area (Å²) in [4.78, 5) is 36.3. The van der Waals surface area contributed by atoms with E-state index in [-0.39, 0.29) is 30.6 Å². The van der Waals surface area contributed by atoms with E-state index >= 15 is 0 Å². The van der Waals surface area contributed by atoms with Crippen molar-refractivity contribution in [1.82, 2.24) is 5.32 Å². The maximum atomic E-state index is 12.2. The molecular weight excluding hydrogens is 356 g/mol. The van der Waals surface area contributed by atoms with Crippen molar-refractivity contribution >= 4 is 34.5 Å². The highest BCUT2D eigenvalue weighted by atomic mass is 32.1. The number of hydrogen-bond acceptors (Lipinski definition) is 5. The Balaban J connectivity index is 1.82. The second-order valence-electron chi connectivity index (χ2n) is 5.67. The lowest BCUT2D eigenvalue weighted by molar-refractivity contribution is -0.881. The van der Waals surface area contributed by atoms with Gasteiger partial charge in [-0.1, -0.05) is 12.1 Å². The third-order valence-electron chi connectivity index (χ3n) is 3.70. The third-order valence-corrected chi connectivity index (χ3v) is 4.58. The quantitative estimate of drug-likeness (QED) is 0.444. The Kier molecular flexibility index (Phi) is 7.24. The van der Waals surface area contributed by atoms with Crippen molar-refractivity contribution in [2.45, 2.75) is 13.5 Å². The predicted octanol–water partition coefficient (Wildman–Crippen LogP) is 0.816. The van der Waals surface area contributed by atoms with Gasteiger partial charge in [0.2, 0.25) is 0 Å². The summed E-state index contributed by atoms with van der Waals surface area (Å²) < 4.78 is 0. The van der Waals surface area contributed by atoms with E-state index in [1.54, 1.807) is 17.4 Å². The molecule has 0 spiro atoms. The summed E-state index contributed by atoms with van der Waals surface area (Å²) in [6, 6.07) is 9.63. The van der Waals surface area contributed by atoms with Crippen LogP contribution in [0.2, 0.25) is 0 Å². The molecule has 0 saturated carbocycles. The number of nitrogens with one attached hydrogen (secondary N) is 3. The SMILES string of the molecule is CC[NH+](CC(=O)NCc1cccs1)CC(=O)Nc1cccc([N+](=O)[O-])c1. The highest BCUT2D eigenvalue weighted by Crippen LogP contribution is 2.16. The molecule has 8 nitrogen and oxygen atoms in total. The minimum Gasteiger partial charge on any atom is -0.346 e. The molecule has 1 unspecified atom stereocenters. The van der Waals surface area contributed by atoms with Crippen molar-refractivity contribution in [3.63, 3.8) is 0 Å². The highest BCUT2D eigenvalue weighted by Gasteiger charge is 2.17. The number of thiophene rings is 1. The number of nitrogens with zero attached hydrogens (tertiary/aromatic N) is 1. The first-order valence-corrected chi connectivity index (χ1v) is 9.03. The van der Waals surface area contributed by atoms with Crippen molar-refractivity contribution < 1.29 is 19.4 Å². The largest absolute Gasteiger partial charge is 0.346 e. The van der Waals surface area contributed by atoms with Crippen LogP contribution >= 0.6 is 11.3 Å². The van der Waals surface area contributed by atoms with E-state index in [0.717, 1.165) is 9.78 Å². The third kappa shape index (κ3) is 6.26. The molecule has 138 valence electrons. The van der Waals surface area contributed by atoms with Gasteiger partial charge in [-0.25, -0.2) is 0 Å². The van der Waals surface area contributed by atoms with Crippen molar-refractivity contribution in [3.05, 3.63) is 56.8 Å². The van der Waals surface area contributed by atoms with E-state index in [0.29, 0.717) is 18.8 Å². The van der Waals surface area contributed by atoms with Crippen LogP contribution < -0.4 is 15.5 Å². The molecule has 0 fully saturated rings. The van der Waals surface area contributed by atoms with Crippen LogP contribution in [0.1, 0.15) is 11.8 Å². The molecule has 0 radical (unpaired) electrons. The molecule has 2 amide bonds. The fraction of sp³-hybridized carbons (Fsp3) is 0.294. The van der Waals surface area contributed by atoms with Gasteiger partial charge in [0.25, 0.3) is 17.5 Å². The number of carbonyl (C=O) groups is 2. The summed E-state index contributed by atoms with van der Waals surface area (Å²) in [7, 11) is 0. The van der Waals surface area contributed by atoms with Gasteiger partial charge in [0.05, 0.1) is 18.0 Å². The van der Waals surface area contributed by atoms with Crippen LogP contribution in [0.25, 0.3) is 0 Å². The van der Waals surface area contributed by atoms with E-state index in [1.165, 1.54) is 18.2 Å². The Morgan fingerprint density at radius 1 is 1.19 bits per heavy atom. The van der Waals surface area contributed by atoms with Gasteiger partial charge in [-0.05, 0) is 24.4 Å². The van der Waals surface area contributed by atoms with Gasteiger partial charge >= 0.3 is 0 Å². The first-order valence-electron chi connectivity index (χ1n) is 8.15. The Morgan fingerprint density at radius 2 is 1.96 bits per heavy atom. The number of carbonyl (C=O) groups excluding carboxylic acids is 2.